The molecule has 0 aliphatic carbocycles. The van der Waals surface area contributed by atoms with Gasteiger partial charge in [-0.15, -0.1) is 11.3 Å². The van der Waals surface area contributed by atoms with E-state index in [0.29, 0.717) is 29.8 Å². The van der Waals surface area contributed by atoms with E-state index < -0.39 is 0 Å². The number of nitrogens with zero attached hydrogens (tertiary/aromatic N) is 10. The van der Waals surface area contributed by atoms with Crippen molar-refractivity contribution < 1.29 is 21.9 Å². The SMILES string of the molecule is C#CC#CC#CC#CC#CC#CC#CC#CC#CC#CC#CC.Cc1c(CNC(=O)c2nccnc2NCC2CCN(C)CC2)ccc2c(N)nccc12.N=N/N=N/N=N/N=O.[HH].[HH].[HH].[HH].[HH].[HH].[HH].[HH].[HH].[HH].[HH].[HH]. The van der Waals surface area contributed by atoms with Crippen molar-refractivity contribution in [3.8, 4) is 131 Å². The molecule has 4 rings (SSSR count). The lowest BCUT2D eigenvalue weighted by molar-refractivity contribution is 0.0946. The Hall–Kier alpha value is -9.70. The Labute approximate surface area is 378 Å². The van der Waals surface area contributed by atoms with Gasteiger partial charge < -0.3 is 21.3 Å². The van der Waals surface area contributed by atoms with Gasteiger partial charge in [0.25, 0.3) is 5.91 Å². The molecule has 1 amide bonds. The topological polar surface area (TPSA) is 224 Å². The van der Waals surface area contributed by atoms with Crippen LogP contribution >= 0.6 is 0 Å². The maximum absolute atomic E-state index is 12.9. The number of terminal acetylenes is 1. The molecule has 1 aliphatic heterocycles. The molecule has 1 aromatic carbocycles. The van der Waals surface area contributed by atoms with Crippen LogP contribution in [0.5, 0.6) is 0 Å². The van der Waals surface area contributed by atoms with Crippen LogP contribution in [0.1, 0.15) is 58.5 Å². The van der Waals surface area contributed by atoms with Crippen LogP contribution in [0.4, 0.5) is 11.6 Å². The summed E-state index contributed by atoms with van der Waals surface area (Å²) in [5.41, 5.74) is 14.4. The van der Waals surface area contributed by atoms with Gasteiger partial charge in [0.1, 0.15) is 11.1 Å². The van der Waals surface area contributed by atoms with Crippen LogP contribution in [-0.2, 0) is 6.54 Å². The molecule has 2 aromatic heterocycles. The minimum atomic E-state index is -0.243. The van der Waals surface area contributed by atoms with Crippen molar-refractivity contribution >= 4 is 28.3 Å². The van der Waals surface area contributed by atoms with Crippen LogP contribution in [0.2, 0.25) is 0 Å². The van der Waals surface area contributed by atoms with Gasteiger partial charge in [-0.05, 0) is 186 Å². The fraction of sp³-hybridized carbons (Fsp3) is 0.217. The number of nitrogen functional groups attached to an aromatic ring is 1. The number of carbonyl (C=O) groups excluding carboxylic acids is 1. The molecule has 0 atom stereocenters. The Morgan fingerprint density at radius 1 is 0.790 bits per heavy atom. The molecule has 3 heterocycles. The molecule has 1 fully saturated rings. The number of amides is 1. The molecule has 0 spiro atoms. The van der Waals surface area contributed by atoms with Crippen LogP contribution in [0.3, 0.4) is 0 Å². The number of benzene rings is 1. The summed E-state index contributed by atoms with van der Waals surface area (Å²) in [5.74, 6) is 53.3. The molecule has 0 saturated carbocycles. The maximum Gasteiger partial charge on any atom is 0.273 e. The number of rotatable bonds is 9. The van der Waals surface area contributed by atoms with Crippen molar-refractivity contribution in [2.24, 2.45) is 37.3 Å². The van der Waals surface area contributed by atoms with Gasteiger partial charge in [0.05, 0.1) is 0 Å². The summed E-state index contributed by atoms with van der Waals surface area (Å²) in [5, 5.41) is 23.2. The highest BCUT2D eigenvalue weighted by Gasteiger charge is 2.19. The Bertz CT molecular complexity index is 2890. The van der Waals surface area contributed by atoms with Gasteiger partial charge in [-0.1, -0.05) is 18.1 Å². The Morgan fingerprint density at radius 2 is 1.34 bits per heavy atom. The lowest BCUT2D eigenvalue weighted by Gasteiger charge is -2.29. The standard InChI is InChI=1S/C23H29N7O.C23H4.HN7O.12H2/c1-15-17(3-4-19-18(15)5-8-26-21(19)24)14-29-23(31)20-22(27-10-9-25-20)28-13-16-6-11-30(2)12-7-16;1-3-5-7-9-11-13-15-17-19-21-23-22-20-18-16-14-12-10-8-6-4-2;1-2-3-4-5-6-7-8;;;;;;;;;;;;/h3-5,8-10,16H,6-7,11-14H2,1-2H3,(H2,24,26)(H,27,28)(H,29,31);1H,2H3;1H;12*1H/b;;2-1?,4-3+,6-5+;;;;;;;;;;;;. The molecule has 0 radical (unpaired) electrons. The van der Waals surface area contributed by atoms with Crippen molar-refractivity contribution in [2.75, 3.05) is 37.7 Å². The van der Waals surface area contributed by atoms with Crippen molar-refractivity contribution in [3.05, 3.63) is 58.5 Å². The normalized spacial score (nSPS) is 10.4. The van der Waals surface area contributed by atoms with E-state index in [1.54, 1.807) is 25.5 Å². The highest BCUT2D eigenvalue weighted by atomic mass is 16.3. The molecule has 16 heteroatoms. The lowest BCUT2D eigenvalue weighted by Crippen LogP contribution is -2.33. The minimum Gasteiger partial charge on any atom is -0.383 e. The smallest absolute Gasteiger partial charge is 0.273 e. The van der Waals surface area contributed by atoms with E-state index in [4.69, 9.17) is 22.6 Å². The summed E-state index contributed by atoms with van der Waals surface area (Å²) in [6.07, 6.45) is 12.1. The van der Waals surface area contributed by atoms with Crippen LogP contribution in [0.15, 0.2) is 68.2 Å². The predicted molar refractivity (Wildman–Crippen MR) is 261 cm³/mol. The van der Waals surface area contributed by atoms with Crippen LogP contribution in [0, 0.1) is 154 Å². The number of aryl methyl sites for hydroxylation is 1. The number of piperidine rings is 1. The Morgan fingerprint density at radius 3 is 1.89 bits per heavy atom. The average Bonchev–Trinajstić information content (AvgIpc) is 3.29. The van der Waals surface area contributed by atoms with Crippen molar-refractivity contribution in [2.45, 2.75) is 33.2 Å². The van der Waals surface area contributed by atoms with Gasteiger partial charge in [-0.2, -0.15) is 5.53 Å². The number of hydrogen-bond donors (Lipinski definition) is 4. The summed E-state index contributed by atoms with van der Waals surface area (Å²) in [7, 11) is 2.15. The van der Waals surface area contributed by atoms with E-state index in [1.165, 1.54) is 0 Å². The van der Waals surface area contributed by atoms with Gasteiger partial charge >= 0.3 is 0 Å². The summed E-state index contributed by atoms with van der Waals surface area (Å²) < 4.78 is 0. The van der Waals surface area contributed by atoms with E-state index in [9.17, 15) is 4.79 Å². The molecule has 16 nitrogen and oxygen atoms in total. The number of nitrogens with one attached hydrogen (secondary N) is 3. The van der Waals surface area contributed by atoms with Gasteiger partial charge in [-0.25, -0.2) is 15.0 Å². The third-order valence-electron chi connectivity index (χ3n) is 7.63. The predicted octanol–water partition coefficient (Wildman–Crippen LogP) is 7.66. The number of fused-ring (bicyclic) bond motifs is 1. The third kappa shape index (κ3) is 20.5. The first kappa shape index (κ1) is 48.4. The zero-order chi connectivity index (χ0) is 44.9. The molecule has 0 unspecified atom stereocenters. The monoisotopic (exact) mass is 838 g/mol. The number of hydrogen-bond acceptors (Lipinski definition) is 9. The molecule has 62 heavy (non-hydrogen) atoms. The van der Waals surface area contributed by atoms with Crippen LogP contribution < -0.4 is 16.4 Å². The first-order chi connectivity index (χ1) is 30.4. The zero-order valence-electron chi connectivity index (χ0n) is 33.7. The van der Waals surface area contributed by atoms with Gasteiger partial charge in [-0.3, -0.25) is 4.79 Å². The van der Waals surface area contributed by atoms with Gasteiger partial charge in [0.2, 0.25) is 0 Å². The molecule has 1 saturated heterocycles. The zero-order valence-corrected chi connectivity index (χ0v) is 33.7. The first-order valence-electron chi connectivity index (χ1n) is 17.9. The summed E-state index contributed by atoms with van der Waals surface area (Å²) in [6, 6.07) is 5.87. The molecule has 3 aromatic rings. The molecule has 5 N–H and O–H groups in total. The largest absolute Gasteiger partial charge is 0.383 e. The van der Waals surface area contributed by atoms with Crippen molar-refractivity contribution in [3.63, 3.8) is 0 Å². The number of anilines is 2. The van der Waals surface area contributed by atoms with E-state index in [2.05, 4.69) is 188 Å². The molecule has 0 bridgehead atoms. The van der Waals surface area contributed by atoms with Gasteiger partial charge in [0, 0.05) is 88.3 Å². The molecule has 324 valence electrons. The number of nitroso groups, excluding NO2 is 1. The fourth-order valence-corrected chi connectivity index (χ4v) is 4.77. The number of nitrogens with two attached hydrogens (primary N) is 1. The quantitative estimate of drug-likeness (QED) is 0.0723. The number of aromatic nitrogens is 3. The van der Waals surface area contributed by atoms with E-state index >= 15 is 0 Å². The molecule has 1 aliphatic rings. The highest BCUT2D eigenvalue weighted by Crippen LogP contribution is 2.25. The average molecular weight is 839 g/mol. The fourth-order valence-electron chi connectivity index (χ4n) is 4.77. The second-order valence-corrected chi connectivity index (χ2v) is 11.5. The van der Waals surface area contributed by atoms with Crippen molar-refractivity contribution in [1.29, 1.82) is 5.53 Å². The van der Waals surface area contributed by atoms with Crippen molar-refractivity contribution in [1.82, 2.24) is 25.2 Å². The molecular formula is C46H58N14O2. The van der Waals surface area contributed by atoms with Crippen LogP contribution in [0.25, 0.3) is 10.8 Å². The molecular weight excluding hydrogens is 781 g/mol. The first-order valence-corrected chi connectivity index (χ1v) is 17.9. The van der Waals surface area contributed by atoms with Crippen LogP contribution in [-0.4, -0.2) is 52.4 Å². The van der Waals surface area contributed by atoms with E-state index in [1.807, 2.05) is 30.4 Å². The highest BCUT2D eigenvalue weighted by molar-refractivity contribution is 5.97. The van der Waals surface area contributed by atoms with Gasteiger partial charge in [0.15, 0.2) is 11.5 Å². The lowest BCUT2D eigenvalue weighted by atomic mass is 9.97. The minimum absolute atomic E-state index is 0. The second kappa shape index (κ2) is 31.4. The Kier molecular flexibility index (Phi) is 24.5. The number of likely N-dealkylation sites (tertiary alicyclic amines) is 1. The summed E-state index contributed by atoms with van der Waals surface area (Å²) in [6.45, 7) is 7.13. The summed E-state index contributed by atoms with van der Waals surface area (Å²) >= 11 is 0. The van der Waals surface area contributed by atoms with E-state index in [0.717, 1.165) is 54.4 Å². The second-order valence-electron chi connectivity index (χ2n) is 11.5. The van der Waals surface area contributed by atoms with E-state index in [-0.39, 0.29) is 23.0 Å². The number of pyridine rings is 1. The summed E-state index contributed by atoms with van der Waals surface area (Å²) in [4.78, 5) is 37.1. The maximum atomic E-state index is 12.9. The Balaban J connectivity index is -0.0000000930. The number of carbonyl (C=O) groups is 1. The third-order valence-corrected chi connectivity index (χ3v) is 7.63.